The molecule has 1 heterocycles. The van der Waals surface area contributed by atoms with Gasteiger partial charge in [-0.25, -0.2) is 13.1 Å². The molecular weight excluding hydrogens is 332 g/mol. The van der Waals surface area contributed by atoms with Crippen molar-refractivity contribution in [3.8, 4) is 0 Å². The van der Waals surface area contributed by atoms with Crippen LogP contribution in [-0.2, 0) is 30.8 Å². The van der Waals surface area contributed by atoms with Gasteiger partial charge in [-0.3, -0.25) is 9.59 Å². The lowest BCUT2D eigenvalue weighted by atomic mass is 10.0. The van der Waals surface area contributed by atoms with E-state index < -0.39 is 15.9 Å². The number of fused-ring (bicyclic) bond motifs is 1. The van der Waals surface area contributed by atoms with Crippen LogP contribution >= 0.6 is 0 Å². The molecule has 1 fully saturated rings. The molecule has 1 saturated carbocycles. The van der Waals surface area contributed by atoms with E-state index in [4.69, 9.17) is 4.74 Å². The highest BCUT2D eigenvalue weighted by Crippen LogP contribution is 2.25. The summed E-state index contributed by atoms with van der Waals surface area (Å²) in [5.74, 6) is -0.761. The zero-order valence-corrected chi connectivity index (χ0v) is 14.0. The SMILES string of the molecule is O=C1CCc2cc(S(=O)(=O)NC(=O)COC3CCCC3)ccc2N1. The third-order valence-corrected chi connectivity index (χ3v) is 5.65. The Morgan fingerprint density at radius 2 is 2.00 bits per heavy atom. The number of aryl methyl sites for hydroxylation is 1. The molecule has 130 valence electrons. The summed E-state index contributed by atoms with van der Waals surface area (Å²) in [6.07, 6.45) is 4.83. The minimum Gasteiger partial charge on any atom is -0.368 e. The highest BCUT2D eigenvalue weighted by atomic mass is 32.2. The summed E-state index contributed by atoms with van der Waals surface area (Å²) in [5.41, 5.74) is 1.35. The molecule has 7 nitrogen and oxygen atoms in total. The average Bonchev–Trinajstić information content (AvgIpc) is 3.05. The van der Waals surface area contributed by atoms with Gasteiger partial charge in [-0.1, -0.05) is 12.8 Å². The van der Waals surface area contributed by atoms with Crippen LogP contribution in [0.2, 0.25) is 0 Å². The maximum Gasteiger partial charge on any atom is 0.264 e. The van der Waals surface area contributed by atoms with Crippen LogP contribution in [0, 0.1) is 0 Å². The van der Waals surface area contributed by atoms with E-state index in [0.717, 1.165) is 31.2 Å². The van der Waals surface area contributed by atoms with Gasteiger partial charge in [0.25, 0.3) is 15.9 Å². The summed E-state index contributed by atoms with van der Waals surface area (Å²) >= 11 is 0. The highest BCUT2D eigenvalue weighted by molar-refractivity contribution is 7.90. The first kappa shape index (κ1) is 16.9. The number of benzene rings is 1. The lowest BCUT2D eigenvalue weighted by molar-refractivity contribution is -0.125. The molecule has 0 spiro atoms. The van der Waals surface area contributed by atoms with Crippen LogP contribution in [0.1, 0.15) is 37.7 Å². The van der Waals surface area contributed by atoms with Gasteiger partial charge in [-0.05, 0) is 43.0 Å². The Bertz CT molecular complexity index is 754. The van der Waals surface area contributed by atoms with Crippen molar-refractivity contribution in [2.75, 3.05) is 11.9 Å². The van der Waals surface area contributed by atoms with Gasteiger partial charge in [-0.2, -0.15) is 0 Å². The fourth-order valence-electron chi connectivity index (χ4n) is 3.01. The van der Waals surface area contributed by atoms with E-state index >= 15 is 0 Å². The molecule has 0 radical (unpaired) electrons. The van der Waals surface area contributed by atoms with Crippen molar-refractivity contribution in [2.24, 2.45) is 0 Å². The summed E-state index contributed by atoms with van der Waals surface area (Å²) in [4.78, 5) is 23.2. The predicted octanol–water partition coefficient (Wildman–Crippen LogP) is 1.34. The summed E-state index contributed by atoms with van der Waals surface area (Å²) < 4.78 is 32.1. The van der Waals surface area contributed by atoms with E-state index in [1.54, 1.807) is 6.07 Å². The van der Waals surface area contributed by atoms with Gasteiger partial charge < -0.3 is 10.1 Å². The van der Waals surface area contributed by atoms with Crippen LogP contribution in [0.15, 0.2) is 23.1 Å². The van der Waals surface area contributed by atoms with Crippen LogP contribution in [0.3, 0.4) is 0 Å². The number of amides is 2. The molecule has 2 N–H and O–H groups in total. The van der Waals surface area contributed by atoms with E-state index in [-0.39, 0.29) is 23.5 Å². The normalized spacial score (nSPS) is 18.1. The number of ether oxygens (including phenoxy) is 1. The maximum absolute atomic E-state index is 12.3. The lowest BCUT2D eigenvalue weighted by Gasteiger charge is -2.17. The summed E-state index contributed by atoms with van der Waals surface area (Å²) in [6.45, 7) is -0.259. The first-order chi connectivity index (χ1) is 11.4. The molecule has 1 aliphatic heterocycles. The van der Waals surface area contributed by atoms with Crippen molar-refractivity contribution in [2.45, 2.75) is 49.5 Å². The Balaban J connectivity index is 1.64. The van der Waals surface area contributed by atoms with Crippen LogP contribution in [-0.4, -0.2) is 32.9 Å². The van der Waals surface area contributed by atoms with Crippen molar-refractivity contribution in [1.82, 2.24) is 4.72 Å². The molecule has 2 amide bonds. The Morgan fingerprint density at radius 3 is 2.75 bits per heavy atom. The van der Waals surface area contributed by atoms with Crippen molar-refractivity contribution in [1.29, 1.82) is 0 Å². The molecule has 1 aromatic rings. The van der Waals surface area contributed by atoms with Gasteiger partial charge in [0, 0.05) is 12.1 Å². The Kier molecular flexibility index (Phi) is 4.86. The summed E-state index contributed by atoms with van der Waals surface area (Å²) in [6, 6.07) is 4.40. The minimum absolute atomic E-state index is 0.00613. The van der Waals surface area contributed by atoms with E-state index in [9.17, 15) is 18.0 Å². The van der Waals surface area contributed by atoms with E-state index in [1.165, 1.54) is 12.1 Å². The molecule has 2 aliphatic rings. The molecule has 0 saturated heterocycles. The third-order valence-electron chi connectivity index (χ3n) is 4.28. The number of hydrogen-bond acceptors (Lipinski definition) is 5. The molecule has 24 heavy (non-hydrogen) atoms. The number of carbonyl (C=O) groups excluding carboxylic acids is 2. The number of carbonyl (C=O) groups is 2. The first-order valence-corrected chi connectivity index (χ1v) is 9.52. The number of sulfonamides is 1. The van der Waals surface area contributed by atoms with Crippen molar-refractivity contribution < 1.29 is 22.7 Å². The fraction of sp³-hybridized carbons (Fsp3) is 0.500. The largest absolute Gasteiger partial charge is 0.368 e. The molecular formula is C16H20N2O5S. The number of nitrogens with one attached hydrogen (secondary N) is 2. The van der Waals surface area contributed by atoms with E-state index in [0.29, 0.717) is 18.5 Å². The van der Waals surface area contributed by atoms with Crippen LogP contribution < -0.4 is 10.0 Å². The Hall–Kier alpha value is -1.93. The van der Waals surface area contributed by atoms with Crippen LogP contribution in [0.4, 0.5) is 5.69 Å². The second kappa shape index (κ2) is 6.90. The fourth-order valence-corrected chi connectivity index (χ4v) is 4.03. The van der Waals surface area contributed by atoms with Gasteiger partial charge in [0.15, 0.2) is 0 Å². The quantitative estimate of drug-likeness (QED) is 0.832. The van der Waals surface area contributed by atoms with Gasteiger partial charge in [0.05, 0.1) is 11.0 Å². The molecule has 8 heteroatoms. The number of anilines is 1. The second-order valence-corrected chi connectivity index (χ2v) is 7.80. The van der Waals surface area contributed by atoms with Gasteiger partial charge in [-0.15, -0.1) is 0 Å². The maximum atomic E-state index is 12.3. The molecule has 1 aliphatic carbocycles. The van der Waals surface area contributed by atoms with Gasteiger partial charge in [0.1, 0.15) is 6.61 Å². The Labute approximate surface area is 140 Å². The topological polar surface area (TPSA) is 102 Å². The van der Waals surface area contributed by atoms with Gasteiger partial charge >= 0.3 is 0 Å². The van der Waals surface area contributed by atoms with Crippen molar-refractivity contribution in [3.63, 3.8) is 0 Å². The second-order valence-electron chi connectivity index (χ2n) is 6.11. The Morgan fingerprint density at radius 1 is 1.25 bits per heavy atom. The molecule has 0 bridgehead atoms. The summed E-state index contributed by atoms with van der Waals surface area (Å²) in [5, 5.41) is 2.69. The highest BCUT2D eigenvalue weighted by Gasteiger charge is 2.23. The molecule has 0 atom stereocenters. The third kappa shape index (κ3) is 3.93. The molecule has 0 unspecified atom stereocenters. The zero-order valence-electron chi connectivity index (χ0n) is 13.2. The van der Waals surface area contributed by atoms with E-state index in [1.807, 2.05) is 4.72 Å². The summed E-state index contributed by atoms with van der Waals surface area (Å²) in [7, 11) is -3.94. The number of rotatable bonds is 5. The lowest BCUT2D eigenvalue weighted by Crippen LogP contribution is -2.34. The first-order valence-electron chi connectivity index (χ1n) is 8.04. The monoisotopic (exact) mass is 352 g/mol. The zero-order chi connectivity index (χ0) is 17.2. The number of hydrogen-bond donors (Lipinski definition) is 2. The minimum atomic E-state index is -3.94. The predicted molar refractivity (Wildman–Crippen MR) is 86.9 cm³/mol. The van der Waals surface area contributed by atoms with Crippen molar-refractivity contribution >= 4 is 27.5 Å². The van der Waals surface area contributed by atoms with Crippen LogP contribution in [0.5, 0.6) is 0 Å². The van der Waals surface area contributed by atoms with E-state index in [2.05, 4.69) is 5.32 Å². The standard InChI is InChI=1S/C16H20N2O5S/c19-15-8-5-11-9-13(6-7-14(11)17-15)24(21,22)18-16(20)10-23-12-3-1-2-4-12/h6-7,9,12H,1-5,8,10H2,(H,17,19)(H,18,20). The van der Waals surface area contributed by atoms with Gasteiger partial charge in [0.2, 0.25) is 5.91 Å². The van der Waals surface area contributed by atoms with Crippen LogP contribution in [0.25, 0.3) is 0 Å². The smallest absolute Gasteiger partial charge is 0.264 e. The van der Waals surface area contributed by atoms with Crippen molar-refractivity contribution in [3.05, 3.63) is 23.8 Å². The molecule has 0 aromatic heterocycles. The molecule has 1 aromatic carbocycles. The molecule has 3 rings (SSSR count). The average molecular weight is 352 g/mol.